The minimum absolute atomic E-state index is 0.0598. The number of rotatable bonds is 12. The summed E-state index contributed by atoms with van der Waals surface area (Å²) < 4.78 is 0. The SMILES string of the molecule is CCCCCCCCC[C@@H](C)[C@@H](O)[C@@H](CC)CO. The highest BCUT2D eigenvalue weighted by Crippen LogP contribution is 2.21. The molecule has 18 heavy (non-hydrogen) atoms. The van der Waals surface area contributed by atoms with Gasteiger partial charge < -0.3 is 10.2 Å². The van der Waals surface area contributed by atoms with Crippen LogP contribution in [-0.2, 0) is 0 Å². The summed E-state index contributed by atoms with van der Waals surface area (Å²) in [6.07, 6.45) is 10.9. The first-order valence-corrected chi connectivity index (χ1v) is 7.96. The predicted molar refractivity (Wildman–Crippen MR) is 78.6 cm³/mol. The molecule has 0 aromatic carbocycles. The standard InChI is InChI=1S/C16H34O2/c1-4-6-7-8-9-10-11-12-14(3)16(18)15(5-2)13-17/h14-18H,4-13H2,1-3H3/t14-,15+,16-/m1/s1. The fourth-order valence-electron chi connectivity index (χ4n) is 2.54. The molecule has 0 aromatic rings. The van der Waals surface area contributed by atoms with Gasteiger partial charge in [-0.25, -0.2) is 0 Å². The molecular weight excluding hydrogens is 224 g/mol. The van der Waals surface area contributed by atoms with Crippen LogP contribution in [0.4, 0.5) is 0 Å². The lowest BCUT2D eigenvalue weighted by atomic mass is 9.87. The summed E-state index contributed by atoms with van der Waals surface area (Å²) in [4.78, 5) is 0. The molecule has 0 rings (SSSR count). The second-order valence-electron chi connectivity index (χ2n) is 5.73. The minimum Gasteiger partial charge on any atom is -0.396 e. The van der Waals surface area contributed by atoms with E-state index in [4.69, 9.17) is 0 Å². The minimum atomic E-state index is -0.333. The van der Waals surface area contributed by atoms with Crippen LogP contribution in [0, 0.1) is 11.8 Å². The lowest BCUT2D eigenvalue weighted by molar-refractivity contribution is 0.0230. The molecule has 0 aliphatic heterocycles. The Morgan fingerprint density at radius 1 is 0.889 bits per heavy atom. The van der Waals surface area contributed by atoms with Crippen molar-refractivity contribution in [2.75, 3.05) is 6.61 Å². The van der Waals surface area contributed by atoms with E-state index >= 15 is 0 Å². The fraction of sp³-hybridized carbons (Fsp3) is 1.00. The number of hydrogen-bond donors (Lipinski definition) is 2. The fourth-order valence-corrected chi connectivity index (χ4v) is 2.54. The number of hydrogen-bond acceptors (Lipinski definition) is 2. The smallest absolute Gasteiger partial charge is 0.0615 e. The number of unbranched alkanes of at least 4 members (excludes halogenated alkanes) is 6. The van der Waals surface area contributed by atoms with E-state index in [0.29, 0.717) is 5.92 Å². The summed E-state index contributed by atoms with van der Waals surface area (Å²) in [6.45, 7) is 6.50. The Kier molecular flexibility index (Phi) is 11.9. The summed E-state index contributed by atoms with van der Waals surface area (Å²) in [6, 6.07) is 0. The van der Waals surface area contributed by atoms with E-state index in [1.54, 1.807) is 0 Å². The topological polar surface area (TPSA) is 40.5 Å². The molecule has 0 amide bonds. The largest absolute Gasteiger partial charge is 0.396 e. The van der Waals surface area contributed by atoms with E-state index in [2.05, 4.69) is 13.8 Å². The molecule has 110 valence electrons. The Labute approximate surface area is 114 Å². The zero-order valence-corrected chi connectivity index (χ0v) is 12.7. The van der Waals surface area contributed by atoms with Crippen LogP contribution in [0.3, 0.4) is 0 Å². The second-order valence-corrected chi connectivity index (χ2v) is 5.73. The molecule has 0 aliphatic rings. The highest BCUT2D eigenvalue weighted by Gasteiger charge is 2.22. The Morgan fingerprint density at radius 2 is 1.44 bits per heavy atom. The average Bonchev–Trinajstić information content (AvgIpc) is 2.38. The molecule has 0 fully saturated rings. The van der Waals surface area contributed by atoms with Crippen LogP contribution < -0.4 is 0 Å². The van der Waals surface area contributed by atoms with Crippen LogP contribution in [0.5, 0.6) is 0 Å². The highest BCUT2D eigenvalue weighted by molar-refractivity contribution is 4.72. The predicted octanol–water partition coefficient (Wildman–Crippen LogP) is 4.14. The van der Waals surface area contributed by atoms with Crippen molar-refractivity contribution >= 4 is 0 Å². The molecular formula is C16H34O2. The normalized spacial score (nSPS) is 16.5. The maximum absolute atomic E-state index is 10.1. The third kappa shape index (κ3) is 8.10. The van der Waals surface area contributed by atoms with Crippen LogP contribution in [-0.4, -0.2) is 22.9 Å². The quantitative estimate of drug-likeness (QED) is 0.516. The molecule has 2 N–H and O–H groups in total. The molecule has 0 aliphatic carbocycles. The van der Waals surface area contributed by atoms with Crippen LogP contribution in [0.15, 0.2) is 0 Å². The van der Waals surface area contributed by atoms with Gasteiger partial charge in [-0.15, -0.1) is 0 Å². The Morgan fingerprint density at radius 3 is 1.94 bits per heavy atom. The van der Waals surface area contributed by atoms with E-state index in [1.807, 2.05) is 6.92 Å². The number of aliphatic hydroxyl groups is 2. The van der Waals surface area contributed by atoms with Gasteiger partial charge in [0.25, 0.3) is 0 Å². The van der Waals surface area contributed by atoms with Crippen molar-refractivity contribution in [3.8, 4) is 0 Å². The van der Waals surface area contributed by atoms with E-state index < -0.39 is 0 Å². The number of aliphatic hydroxyl groups excluding tert-OH is 2. The zero-order valence-electron chi connectivity index (χ0n) is 12.7. The van der Waals surface area contributed by atoms with Gasteiger partial charge in [0.15, 0.2) is 0 Å². The monoisotopic (exact) mass is 258 g/mol. The van der Waals surface area contributed by atoms with E-state index in [9.17, 15) is 10.2 Å². The van der Waals surface area contributed by atoms with Crippen molar-refractivity contribution in [1.29, 1.82) is 0 Å². The molecule has 0 unspecified atom stereocenters. The molecule has 0 bridgehead atoms. The summed E-state index contributed by atoms with van der Waals surface area (Å²) in [5, 5.41) is 19.3. The van der Waals surface area contributed by atoms with Gasteiger partial charge in [-0.2, -0.15) is 0 Å². The molecule has 0 heterocycles. The first-order chi connectivity index (χ1) is 8.67. The lowest BCUT2D eigenvalue weighted by Crippen LogP contribution is -2.29. The van der Waals surface area contributed by atoms with Gasteiger partial charge in [0.1, 0.15) is 0 Å². The van der Waals surface area contributed by atoms with Gasteiger partial charge in [0.05, 0.1) is 6.10 Å². The molecule has 0 saturated heterocycles. The van der Waals surface area contributed by atoms with Gasteiger partial charge in [-0.1, -0.05) is 65.7 Å². The Hall–Kier alpha value is -0.0800. The third-order valence-electron chi connectivity index (χ3n) is 4.09. The van der Waals surface area contributed by atoms with Crippen LogP contribution in [0.1, 0.15) is 78.6 Å². The molecule has 2 nitrogen and oxygen atoms in total. The van der Waals surface area contributed by atoms with Crippen molar-refractivity contribution in [3.63, 3.8) is 0 Å². The van der Waals surface area contributed by atoms with Crippen molar-refractivity contribution in [3.05, 3.63) is 0 Å². The van der Waals surface area contributed by atoms with Crippen molar-refractivity contribution in [2.24, 2.45) is 11.8 Å². The van der Waals surface area contributed by atoms with Crippen molar-refractivity contribution in [2.45, 2.75) is 84.7 Å². The van der Waals surface area contributed by atoms with E-state index in [-0.39, 0.29) is 18.6 Å². The van der Waals surface area contributed by atoms with Gasteiger partial charge in [-0.3, -0.25) is 0 Å². The van der Waals surface area contributed by atoms with Gasteiger partial charge >= 0.3 is 0 Å². The van der Waals surface area contributed by atoms with Crippen molar-refractivity contribution < 1.29 is 10.2 Å². The average molecular weight is 258 g/mol. The van der Waals surface area contributed by atoms with Crippen LogP contribution in [0.25, 0.3) is 0 Å². The molecule has 0 aromatic heterocycles. The molecule has 3 atom stereocenters. The molecule has 0 spiro atoms. The van der Waals surface area contributed by atoms with Crippen molar-refractivity contribution in [1.82, 2.24) is 0 Å². The van der Waals surface area contributed by atoms with Crippen LogP contribution in [0.2, 0.25) is 0 Å². The summed E-state index contributed by atoms with van der Waals surface area (Å²) in [5.41, 5.74) is 0. The first kappa shape index (κ1) is 17.9. The maximum Gasteiger partial charge on any atom is 0.0615 e. The lowest BCUT2D eigenvalue weighted by Gasteiger charge is -2.25. The maximum atomic E-state index is 10.1. The Bertz CT molecular complexity index is 166. The van der Waals surface area contributed by atoms with E-state index in [1.165, 1.54) is 44.9 Å². The zero-order chi connectivity index (χ0) is 13.8. The summed E-state index contributed by atoms with van der Waals surface area (Å²) in [7, 11) is 0. The van der Waals surface area contributed by atoms with Gasteiger partial charge in [0, 0.05) is 12.5 Å². The van der Waals surface area contributed by atoms with Gasteiger partial charge in [0.2, 0.25) is 0 Å². The van der Waals surface area contributed by atoms with E-state index in [0.717, 1.165) is 12.8 Å². The molecule has 2 heteroatoms. The Balaban J connectivity index is 3.54. The summed E-state index contributed by atoms with van der Waals surface area (Å²) in [5.74, 6) is 0.377. The van der Waals surface area contributed by atoms with Crippen LogP contribution >= 0.6 is 0 Å². The molecule has 0 radical (unpaired) electrons. The third-order valence-corrected chi connectivity index (χ3v) is 4.09. The highest BCUT2D eigenvalue weighted by atomic mass is 16.3. The second kappa shape index (κ2) is 12.0. The first-order valence-electron chi connectivity index (χ1n) is 7.96. The van der Waals surface area contributed by atoms with Gasteiger partial charge in [-0.05, 0) is 18.8 Å². The molecule has 0 saturated carbocycles. The summed E-state index contributed by atoms with van der Waals surface area (Å²) >= 11 is 0.